The standard InChI is InChI=1S/C24H24F3N5O4/c1-35-19-3-2-13(25)9-16(19)24(34)30-11-12-8-18(27)15(10-17(12)26)21-20(23(29)33)22(28)32(31-21)14-4-6-36-7-5-14/h2-3,8-10,14H,4-7,11,28H2,1H3,(H2,29,33)(H,30,34). The molecule has 1 aliphatic rings. The molecule has 36 heavy (non-hydrogen) atoms. The molecule has 1 aliphatic heterocycles. The SMILES string of the molecule is COc1ccc(F)cc1C(=O)NCc1cc(F)c(-c2nn(C3CCOCC3)c(N)c2C(N)=O)cc1F. The minimum atomic E-state index is -0.930. The van der Waals surface area contributed by atoms with Crippen LogP contribution in [0.3, 0.4) is 0 Å². The molecule has 190 valence electrons. The summed E-state index contributed by atoms with van der Waals surface area (Å²) in [6, 6.07) is 4.93. The molecule has 0 spiro atoms. The van der Waals surface area contributed by atoms with Crippen molar-refractivity contribution in [3.63, 3.8) is 0 Å². The molecule has 0 unspecified atom stereocenters. The molecule has 0 bridgehead atoms. The molecule has 1 aromatic heterocycles. The van der Waals surface area contributed by atoms with Gasteiger partial charge in [0, 0.05) is 30.9 Å². The van der Waals surface area contributed by atoms with E-state index in [9.17, 15) is 18.4 Å². The summed E-state index contributed by atoms with van der Waals surface area (Å²) in [6.45, 7) is 0.537. The van der Waals surface area contributed by atoms with Crippen LogP contribution in [0.5, 0.6) is 5.75 Å². The maximum absolute atomic E-state index is 15.2. The number of ether oxygens (including phenoxy) is 2. The van der Waals surface area contributed by atoms with Crippen molar-refractivity contribution in [2.75, 3.05) is 26.1 Å². The Kier molecular flexibility index (Phi) is 7.15. The number of nitrogens with zero attached hydrogens (tertiary/aromatic N) is 2. The number of halogens is 3. The topological polar surface area (TPSA) is 134 Å². The summed E-state index contributed by atoms with van der Waals surface area (Å²) in [5.41, 5.74) is 10.6. The van der Waals surface area contributed by atoms with Gasteiger partial charge in [0.05, 0.1) is 18.7 Å². The van der Waals surface area contributed by atoms with Gasteiger partial charge in [-0.3, -0.25) is 9.59 Å². The number of rotatable bonds is 7. The van der Waals surface area contributed by atoms with Crippen molar-refractivity contribution in [3.05, 3.63) is 64.5 Å². The van der Waals surface area contributed by atoms with Crippen LogP contribution in [0.1, 0.15) is 45.2 Å². The van der Waals surface area contributed by atoms with Gasteiger partial charge in [-0.2, -0.15) is 5.10 Å². The van der Waals surface area contributed by atoms with E-state index in [0.717, 1.165) is 24.3 Å². The van der Waals surface area contributed by atoms with Crippen LogP contribution >= 0.6 is 0 Å². The van der Waals surface area contributed by atoms with Gasteiger partial charge in [-0.25, -0.2) is 17.9 Å². The van der Waals surface area contributed by atoms with Crippen LogP contribution in [0.15, 0.2) is 30.3 Å². The van der Waals surface area contributed by atoms with E-state index in [1.165, 1.54) is 17.9 Å². The number of carbonyl (C=O) groups is 2. The van der Waals surface area contributed by atoms with Crippen LogP contribution in [-0.4, -0.2) is 41.9 Å². The van der Waals surface area contributed by atoms with Crippen LogP contribution in [0.25, 0.3) is 11.3 Å². The summed E-state index contributed by atoms with van der Waals surface area (Å²) in [7, 11) is 1.31. The predicted molar refractivity (Wildman–Crippen MR) is 124 cm³/mol. The zero-order chi connectivity index (χ0) is 26.0. The first-order chi connectivity index (χ1) is 17.2. The van der Waals surface area contributed by atoms with Crippen molar-refractivity contribution in [1.29, 1.82) is 0 Å². The molecule has 0 saturated carbocycles. The van der Waals surface area contributed by atoms with Gasteiger partial charge in [-0.05, 0) is 43.2 Å². The highest BCUT2D eigenvalue weighted by Crippen LogP contribution is 2.34. The Balaban J connectivity index is 1.62. The minimum absolute atomic E-state index is 0.0374. The van der Waals surface area contributed by atoms with E-state index in [1.807, 2.05) is 0 Å². The average molecular weight is 503 g/mol. The molecule has 4 rings (SSSR count). The Hall–Kier alpha value is -4.06. The van der Waals surface area contributed by atoms with Gasteiger partial charge < -0.3 is 26.3 Å². The summed E-state index contributed by atoms with van der Waals surface area (Å²) in [6.07, 6.45) is 1.16. The summed E-state index contributed by atoms with van der Waals surface area (Å²) >= 11 is 0. The lowest BCUT2D eigenvalue weighted by Crippen LogP contribution is -2.24. The van der Waals surface area contributed by atoms with Crippen molar-refractivity contribution >= 4 is 17.6 Å². The predicted octanol–water partition coefficient (Wildman–Crippen LogP) is 2.94. The normalized spacial score (nSPS) is 14.0. The van der Waals surface area contributed by atoms with Gasteiger partial charge in [0.15, 0.2) is 0 Å². The van der Waals surface area contributed by atoms with Crippen LogP contribution in [0.2, 0.25) is 0 Å². The van der Waals surface area contributed by atoms with Crippen molar-refractivity contribution in [1.82, 2.24) is 15.1 Å². The highest BCUT2D eigenvalue weighted by molar-refractivity contribution is 6.03. The van der Waals surface area contributed by atoms with Crippen LogP contribution in [0.4, 0.5) is 19.0 Å². The largest absolute Gasteiger partial charge is 0.496 e. The number of primary amides is 1. The van der Waals surface area contributed by atoms with E-state index in [4.69, 9.17) is 20.9 Å². The summed E-state index contributed by atoms with van der Waals surface area (Å²) < 4.78 is 55.5. The summed E-state index contributed by atoms with van der Waals surface area (Å²) in [4.78, 5) is 24.6. The molecule has 0 radical (unpaired) electrons. The Morgan fingerprint density at radius 3 is 2.56 bits per heavy atom. The third-order valence-electron chi connectivity index (χ3n) is 5.97. The number of methoxy groups -OCH3 is 1. The van der Waals surface area contributed by atoms with Crippen molar-refractivity contribution in [3.8, 4) is 17.0 Å². The average Bonchev–Trinajstić information content (AvgIpc) is 3.21. The molecule has 2 aromatic carbocycles. The van der Waals surface area contributed by atoms with Gasteiger partial charge in [-0.15, -0.1) is 0 Å². The monoisotopic (exact) mass is 503 g/mol. The molecule has 1 fully saturated rings. The van der Waals surface area contributed by atoms with Gasteiger partial charge in [-0.1, -0.05) is 0 Å². The third kappa shape index (κ3) is 4.85. The highest BCUT2D eigenvalue weighted by Gasteiger charge is 2.28. The van der Waals surface area contributed by atoms with Crippen LogP contribution in [0, 0.1) is 17.5 Å². The number of nitrogens with two attached hydrogens (primary N) is 2. The first-order valence-electron chi connectivity index (χ1n) is 11.1. The lowest BCUT2D eigenvalue weighted by molar-refractivity contribution is 0.0669. The second kappa shape index (κ2) is 10.3. The number of anilines is 1. The molecule has 1 saturated heterocycles. The molecule has 12 heteroatoms. The molecule has 2 amide bonds. The van der Waals surface area contributed by atoms with Crippen molar-refractivity contribution in [2.45, 2.75) is 25.4 Å². The first kappa shape index (κ1) is 25.0. The number of carbonyl (C=O) groups excluding carboxylic acids is 2. The van der Waals surface area contributed by atoms with E-state index >= 15 is 4.39 Å². The number of benzene rings is 2. The molecule has 2 heterocycles. The lowest BCUT2D eigenvalue weighted by Gasteiger charge is -2.23. The first-order valence-corrected chi connectivity index (χ1v) is 11.1. The molecule has 5 N–H and O–H groups in total. The molecule has 0 aliphatic carbocycles. The summed E-state index contributed by atoms with van der Waals surface area (Å²) in [5, 5.41) is 6.72. The Bertz CT molecular complexity index is 1320. The Morgan fingerprint density at radius 2 is 1.89 bits per heavy atom. The lowest BCUT2D eigenvalue weighted by atomic mass is 10.0. The number of nitrogen functional groups attached to an aromatic ring is 1. The Labute approximate surface area is 204 Å². The van der Waals surface area contributed by atoms with E-state index < -0.39 is 35.8 Å². The van der Waals surface area contributed by atoms with E-state index in [-0.39, 0.29) is 45.6 Å². The fourth-order valence-electron chi connectivity index (χ4n) is 4.12. The van der Waals surface area contributed by atoms with Crippen LogP contribution in [-0.2, 0) is 11.3 Å². The maximum Gasteiger partial charge on any atom is 0.255 e. The fourth-order valence-corrected chi connectivity index (χ4v) is 4.12. The number of amides is 2. The number of nitrogens with one attached hydrogen (secondary N) is 1. The third-order valence-corrected chi connectivity index (χ3v) is 5.97. The molecular formula is C24H24F3N5O4. The quantitative estimate of drug-likeness (QED) is 0.454. The molecular weight excluding hydrogens is 479 g/mol. The molecule has 0 atom stereocenters. The number of hydrogen-bond donors (Lipinski definition) is 3. The van der Waals surface area contributed by atoms with Gasteiger partial charge in [0.1, 0.15) is 40.3 Å². The van der Waals surface area contributed by atoms with E-state index in [1.54, 1.807) is 0 Å². The molecule has 9 nitrogen and oxygen atoms in total. The van der Waals surface area contributed by atoms with E-state index in [0.29, 0.717) is 26.1 Å². The zero-order valence-corrected chi connectivity index (χ0v) is 19.3. The zero-order valence-electron chi connectivity index (χ0n) is 19.3. The van der Waals surface area contributed by atoms with Crippen molar-refractivity contribution in [2.24, 2.45) is 5.73 Å². The minimum Gasteiger partial charge on any atom is -0.496 e. The summed E-state index contributed by atoms with van der Waals surface area (Å²) in [5.74, 6) is -4.02. The fraction of sp³-hybridized carbons (Fsp3) is 0.292. The number of aromatic nitrogens is 2. The smallest absolute Gasteiger partial charge is 0.255 e. The van der Waals surface area contributed by atoms with Gasteiger partial charge in [0.2, 0.25) is 0 Å². The second-order valence-electron chi connectivity index (χ2n) is 8.21. The maximum atomic E-state index is 15.2. The van der Waals surface area contributed by atoms with E-state index in [2.05, 4.69) is 10.4 Å². The number of hydrogen-bond acceptors (Lipinski definition) is 6. The van der Waals surface area contributed by atoms with Gasteiger partial charge >= 0.3 is 0 Å². The highest BCUT2D eigenvalue weighted by atomic mass is 19.1. The van der Waals surface area contributed by atoms with Gasteiger partial charge in [0.25, 0.3) is 11.8 Å². The second-order valence-corrected chi connectivity index (χ2v) is 8.21. The van der Waals surface area contributed by atoms with Crippen molar-refractivity contribution < 1.29 is 32.2 Å². The van der Waals surface area contributed by atoms with Crippen LogP contribution < -0.4 is 21.5 Å². The Morgan fingerprint density at radius 1 is 1.17 bits per heavy atom. The molecule has 3 aromatic rings.